The van der Waals surface area contributed by atoms with Crippen LogP contribution in [0.5, 0.6) is 0 Å². The lowest BCUT2D eigenvalue weighted by atomic mass is 10.3. The van der Waals surface area contributed by atoms with Crippen molar-refractivity contribution in [2.75, 3.05) is 16.0 Å². The summed E-state index contributed by atoms with van der Waals surface area (Å²) in [5.74, 6) is 0. The van der Waals surface area contributed by atoms with Gasteiger partial charge in [0.05, 0.1) is 36.5 Å². The number of hydrogen-bond acceptors (Lipinski definition) is 3. The molecule has 0 spiro atoms. The first-order chi connectivity index (χ1) is 13.7. The Kier molecular flexibility index (Phi) is 7.69. The van der Waals surface area contributed by atoms with E-state index >= 15 is 0 Å². The second-order valence-corrected chi connectivity index (χ2v) is 8.92. The molecule has 3 nitrogen and oxygen atoms in total. The summed E-state index contributed by atoms with van der Waals surface area (Å²) in [5.41, 5.74) is 7.57. The summed E-state index contributed by atoms with van der Waals surface area (Å²) in [6.07, 6.45) is 0. The van der Waals surface area contributed by atoms with Crippen LogP contribution in [0.15, 0.2) is 42.5 Å². The number of nitrogens with zero attached hydrogens (tertiary/aromatic N) is 1. The van der Waals surface area contributed by atoms with Crippen molar-refractivity contribution in [3.05, 3.63) is 82.6 Å². The first kappa shape index (κ1) is 23.1. The van der Waals surface area contributed by atoms with Crippen molar-refractivity contribution in [3.8, 4) is 0 Å². The maximum Gasteiger partial charge on any atom is 0.101 e. The van der Waals surface area contributed by atoms with Crippen LogP contribution in [0.1, 0.15) is 0 Å². The van der Waals surface area contributed by atoms with Crippen LogP contribution in [-0.4, -0.2) is 0 Å². The van der Waals surface area contributed by atoms with Crippen molar-refractivity contribution in [1.82, 2.24) is 0 Å². The Morgan fingerprint density at radius 1 is 0.552 bits per heavy atom. The molecule has 0 aliphatic carbocycles. The van der Waals surface area contributed by atoms with Crippen LogP contribution < -0.4 is 16.0 Å². The number of hydrazine groups is 2. The van der Waals surface area contributed by atoms with E-state index in [1.165, 1.54) is 11.2 Å². The Morgan fingerprint density at radius 3 is 1.83 bits per heavy atom. The van der Waals surface area contributed by atoms with E-state index in [1.807, 2.05) is 0 Å². The molecule has 0 saturated carbocycles. The van der Waals surface area contributed by atoms with Gasteiger partial charge < -0.3 is 0 Å². The van der Waals surface area contributed by atoms with Gasteiger partial charge in [-0.25, -0.2) is 0 Å². The zero-order valence-electron chi connectivity index (χ0n) is 14.0. The molecule has 0 heterocycles. The lowest BCUT2D eigenvalue weighted by Crippen LogP contribution is -2.36. The van der Waals surface area contributed by atoms with E-state index in [-0.39, 0.29) is 20.1 Å². The molecule has 3 rings (SSSR count). The van der Waals surface area contributed by atoms with Crippen molar-refractivity contribution < 1.29 is 0 Å². The van der Waals surface area contributed by atoms with Crippen LogP contribution in [-0.2, 0) is 0 Å². The maximum absolute atomic E-state index is 6.42. The molecule has 3 aromatic rings. The molecule has 0 fully saturated rings. The summed E-state index contributed by atoms with van der Waals surface area (Å²) in [5, 5.41) is 3.91. The number of rotatable bonds is 5. The summed E-state index contributed by atoms with van der Waals surface area (Å²) in [7, 11) is 0. The average Bonchev–Trinajstić information content (AvgIpc) is 2.62. The van der Waals surface area contributed by atoms with Gasteiger partial charge in [0.2, 0.25) is 0 Å². The van der Waals surface area contributed by atoms with E-state index in [2.05, 4.69) is 10.9 Å². The second kappa shape index (κ2) is 9.67. The number of halogens is 8. The topological polar surface area (TPSA) is 27.3 Å². The molecule has 0 atom stereocenters. The summed E-state index contributed by atoms with van der Waals surface area (Å²) < 4.78 is 0. The fourth-order valence-corrected chi connectivity index (χ4v) is 4.13. The van der Waals surface area contributed by atoms with Crippen LogP contribution in [0.4, 0.5) is 17.1 Å². The molecule has 2 N–H and O–H groups in total. The Hall–Kier alpha value is -0.620. The van der Waals surface area contributed by atoms with Gasteiger partial charge in [-0.2, -0.15) is 5.12 Å². The van der Waals surface area contributed by atoms with E-state index < -0.39 is 0 Å². The molecule has 152 valence electrons. The fourth-order valence-electron chi connectivity index (χ4n) is 2.34. The molecule has 0 unspecified atom stereocenters. The molecule has 0 aliphatic heterocycles. The predicted molar refractivity (Wildman–Crippen MR) is 129 cm³/mol. The van der Waals surface area contributed by atoms with Gasteiger partial charge in [-0.1, -0.05) is 92.8 Å². The van der Waals surface area contributed by atoms with Gasteiger partial charge in [0, 0.05) is 15.1 Å². The Morgan fingerprint density at radius 2 is 1.17 bits per heavy atom. The number of nitrogens with one attached hydrogen (secondary N) is 2. The molecule has 3 aromatic carbocycles. The minimum Gasteiger partial charge on any atom is -0.280 e. The Labute approximate surface area is 207 Å². The number of hydrogen-bond donors (Lipinski definition) is 2. The number of anilines is 3. The summed E-state index contributed by atoms with van der Waals surface area (Å²) >= 11 is 49.4. The molecule has 0 aliphatic rings. The zero-order valence-corrected chi connectivity index (χ0v) is 20.1. The third-order valence-electron chi connectivity index (χ3n) is 3.58. The van der Waals surface area contributed by atoms with Crippen molar-refractivity contribution in [3.63, 3.8) is 0 Å². The molecule has 0 bridgehead atoms. The van der Waals surface area contributed by atoms with E-state index in [1.54, 1.807) is 36.4 Å². The lowest BCUT2D eigenvalue weighted by molar-refractivity contribution is 1.06. The van der Waals surface area contributed by atoms with Gasteiger partial charge in [0.15, 0.2) is 0 Å². The van der Waals surface area contributed by atoms with Crippen LogP contribution in [0.3, 0.4) is 0 Å². The molecule has 0 aromatic heterocycles. The first-order valence-electron chi connectivity index (χ1n) is 7.73. The van der Waals surface area contributed by atoms with E-state index in [9.17, 15) is 0 Å². The summed E-state index contributed by atoms with van der Waals surface area (Å²) in [6.45, 7) is 0. The monoisotopic (exact) mass is 547 g/mol. The molecular weight excluding hydrogens is 542 g/mol. The smallest absolute Gasteiger partial charge is 0.101 e. The van der Waals surface area contributed by atoms with Crippen molar-refractivity contribution in [2.45, 2.75) is 0 Å². The van der Waals surface area contributed by atoms with E-state index in [0.717, 1.165) is 0 Å². The fraction of sp³-hybridized carbons (Fsp3) is 0. The van der Waals surface area contributed by atoms with E-state index in [0.29, 0.717) is 37.2 Å². The van der Waals surface area contributed by atoms with Gasteiger partial charge in [-0.3, -0.25) is 10.9 Å². The molecule has 29 heavy (non-hydrogen) atoms. The SMILES string of the molecule is Clc1cc(Cl)cc(NN(Nc2cc(Cl)cc(Cl)c2Cl)c2ccc(Cl)c(Cl)c2Cl)c1. The highest BCUT2D eigenvalue weighted by Crippen LogP contribution is 2.39. The van der Waals surface area contributed by atoms with Crippen molar-refractivity contribution in [2.24, 2.45) is 0 Å². The minimum atomic E-state index is 0.179. The molecule has 11 heteroatoms. The Bertz CT molecular complexity index is 1050. The van der Waals surface area contributed by atoms with Crippen molar-refractivity contribution in [1.29, 1.82) is 0 Å². The Balaban J connectivity index is 2.08. The molecule has 0 radical (unpaired) electrons. The first-order valence-corrected chi connectivity index (χ1v) is 10.8. The summed E-state index contributed by atoms with van der Waals surface area (Å²) in [4.78, 5) is 0. The average molecular weight is 551 g/mol. The second-order valence-electron chi connectivity index (χ2n) is 5.66. The van der Waals surface area contributed by atoms with E-state index in [4.69, 9.17) is 92.8 Å². The maximum atomic E-state index is 6.42. The predicted octanol–water partition coefficient (Wildman–Crippen LogP) is 9.77. The van der Waals surface area contributed by atoms with Gasteiger partial charge in [-0.15, -0.1) is 0 Å². The van der Waals surface area contributed by atoms with Crippen molar-refractivity contribution >= 4 is 110 Å². The van der Waals surface area contributed by atoms with Crippen LogP contribution in [0.2, 0.25) is 40.2 Å². The van der Waals surface area contributed by atoms with Gasteiger partial charge in [-0.05, 0) is 42.5 Å². The highest BCUT2D eigenvalue weighted by atomic mass is 35.5. The van der Waals surface area contributed by atoms with Gasteiger partial charge in [0.1, 0.15) is 5.69 Å². The van der Waals surface area contributed by atoms with Crippen LogP contribution >= 0.6 is 92.8 Å². The summed E-state index contributed by atoms with van der Waals surface area (Å²) in [6, 6.07) is 11.3. The third kappa shape index (κ3) is 5.55. The third-order valence-corrected chi connectivity index (χ3v) is 6.32. The highest BCUT2D eigenvalue weighted by molar-refractivity contribution is 6.49. The minimum absolute atomic E-state index is 0.179. The number of benzene rings is 3. The lowest BCUT2D eigenvalue weighted by Gasteiger charge is -2.29. The highest BCUT2D eigenvalue weighted by Gasteiger charge is 2.18. The van der Waals surface area contributed by atoms with Crippen LogP contribution in [0.25, 0.3) is 0 Å². The van der Waals surface area contributed by atoms with Gasteiger partial charge >= 0.3 is 0 Å². The quantitative estimate of drug-likeness (QED) is 0.188. The zero-order chi connectivity index (χ0) is 21.3. The van der Waals surface area contributed by atoms with Gasteiger partial charge in [0.25, 0.3) is 0 Å². The molecular formula is C18H9Cl8N3. The van der Waals surface area contributed by atoms with Crippen LogP contribution in [0, 0.1) is 0 Å². The normalized spacial score (nSPS) is 10.8. The molecule has 0 saturated heterocycles. The molecule has 0 amide bonds. The standard InChI is InChI=1S/C18H9Cl8N3/c19-8-3-9(20)5-11(4-8)27-29(15-2-1-12(22)17(25)18(15)26)28-14-7-10(21)6-13(23)16(14)24/h1-7,27-28H. The largest absolute Gasteiger partial charge is 0.280 e.